The summed E-state index contributed by atoms with van der Waals surface area (Å²) in [6, 6.07) is 3.99. The molecule has 0 spiro atoms. The van der Waals surface area contributed by atoms with Crippen LogP contribution in [0.5, 0.6) is 0 Å². The van der Waals surface area contributed by atoms with Crippen LogP contribution in [0.25, 0.3) is 0 Å². The number of hydrogen-bond donors (Lipinski definition) is 3. The Labute approximate surface area is 215 Å². The van der Waals surface area contributed by atoms with E-state index in [0.29, 0.717) is 28.3 Å². The number of benzene rings is 1. The molecule has 1 heterocycles. The Hall–Kier alpha value is -3.94. The SMILES string of the molecule is C=C/C=C(/C#Cc1ccc(C(F)(F)C(O)(CN(N)/C=N\N)c2ccc(F)cc2F)nc1)C=C.CC.CC. The highest BCUT2D eigenvalue weighted by Crippen LogP contribution is 2.45. The molecule has 1 aromatic heterocycles. The van der Waals surface area contributed by atoms with Gasteiger partial charge in [-0.15, -0.1) is 0 Å². The maximum atomic E-state index is 15.6. The number of rotatable bonds is 8. The van der Waals surface area contributed by atoms with Crippen LogP contribution in [0, 0.1) is 23.5 Å². The molecule has 1 unspecified atom stereocenters. The fourth-order valence-electron chi connectivity index (χ4n) is 2.87. The zero-order chi connectivity index (χ0) is 28.6. The van der Waals surface area contributed by atoms with Gasteiger partial charge >= 0.3 is 5.92 Å². The van der Waals surface area contributed by atoms with E-state index in [0.717, 1.165) is 24.7 Å². The third-order valence-electron chi connectivity index (χ3n) is 4.48. The number of aromatic nitrogens is 1. The Bertz CT molecular complexity index is 1140. The molecule has 0 saturated carbocycles. The summed E-state index contributed by atoms with van der Waals surface area (Å²) < 4.78 is 59.0. The molecule has 2 aromatic rings. The summed E-state index contributed by atoms with van der Waals surface area (Å²) in [6.07, 6.45) is 6.43. The van der Waals surface area contributed by atoms with E-state index in [4.69, 9.17) is 11.7 Å². The van der Waals surface area contributed by atoms with Crippen molar-refractivity contribution in [2.45, 2.75) is 39.2 Å². The average molecular weight is 520 g/mol. The predicted molar refractivity (Wildman–Crippen MR) is 140 cm³/mol. The lowest BCUT2D eigenvalue weighted by Crippen LogP contribution is -2.53. The van der Waals surface area contributed by atoms with Crippen molar-refractivity contribution in [3.63, 3.8) is 0 Å². The standard InChI is InChI=1S/C23H21F4N5O.2C2H6/c1-3-5-16(4-2)6-7-17-8-11-21(30-13-17)23(26,27)22(33,14-32(29)15-31-28)19-10-9-18(24)12-20(19)25;2*1-2/h3-5,8-13,15,33H,1-2,14,28-29H2;2*1-2H3/b16-5+,31-15-;;. The summed E-state index contributed by atoms with van der Waals surface area (Å²) in [5.74, 6) is 9.40. The molecule has 0 bridgehead atoms. The lowest BCUT2D eigenvalue weighted by Gasteiger charge is -2.37. The van der Waals surface area contributed by atoms with Crippen LogP contribution in [0.1, 0.15) is 44.5 Å². The van der Waals surface area contributed by atoms with Crippen LogP contribution in [0.4, 0.5) is 17.6 Å². The maximum absolute atomic E-state index is 15.6. The number of halogens is 4. The van der Waals surface area contributed by atoms with Crippen LogP contribution in [0.3, 0.4) is 0 Å². The molecule has 0 aliphatic heterocycles. The van der Waals surface area contributed by atoms with Gasteiger partial charge in [0, 0.05) is 29.0 Å². The maximum Gasteiger partial charge on any atom is 0.323 e. The van der Waals surface area contributed by atoms with Crippen LogP contribution < -0.4 is 11.7 Å². The van der Waals surface area contributed by atoms with E-state index in [1.165, 1.54) is 18.2 Å². The molecule has 0 saturated heterocycles. The minimum Gasteiger partial charge on any atom is -0.377 e. The second kappa shape index (κ2) is 15.9. The molecular formula is C27H33F4N5O. The number of allylic oxidation sites excluding steroid dienone is 4. The van der Waals surface area contributed by atoms with Crippen LogP contribution >= 0.6 is 0 Å². The zero-order valence-corrected chi connectivity index (χ0v) is 21.4. The van der Waals surface area contributed by atoms with Crippen LogP contribution in [0.2, 0.25) is 0 Å². The summed E-state index contributed by atoms with van der Waals surface area (Å²) >= 11 is 0. The van der Waals surface area contributed by atoms with Crippen LogP contribution in [-0.2, 0) is 11.5 Å². The van der Waals surface area contributed by atoms with Gasteiger partial charge in [0.2, 0.25) is 0 Å². The number of aliphatic hydroxyl groups is 1. The zero-order valence-electron chi connectivity index (χ0n) is 21.4. The molecule has 200 valence electrons. The Balaban J connectivity index is 0.00000308. The molecule has 5 N–H and O–H groups in total. The first-order valence-electron chi connectivity index (χ1n) is 11.3. The summed E-state index contributed by atoms with van der Waals surface area (Å²) in [6.45, 7) is 14.1. The van der Waals surface area contributed by atoms with E-state index < -0.39 is 41.0 Å². The molecule has 1 atom stereocenters. The van der Waals surface area contributed by atoms with Gasteiger partial charge in [-0.1, -0.05) is 64.8 Å². The Morgan fingerprint density at radius 1 is 1.16 bits per heavy atom. The van der Waals surface area contributed by atoms with E-state index in [-0.39, 0.29) is 0 Å². The van der Waals surface area contributed by atoms with Crippen molar-refractivity contribution >= 4 is 6.34 Å². The van der Waals surface area contributed by atoms with Crippen molar-refractivity contribution in [2.75, 3.05) is 6.54 Å². The molecule has 0 amide bonds. The first-order valence-corrected chi connectivity index (χ1v) is 11.3. The molecule has 10 heteroatoms. The Morgan fingerprint density at radius 3 is 2.30 bits per heavy atom. The summed E-state index contributed by atoms with van der Waals surface area (Å²) in [4.78, 5) is 3.70. The molecule has 6 nitrogen and oxygen atoms in total. The van der Waals surface area contributed by atoms with Crippen LogP contribution in [0.15, 0.2) is 78.6 Å². The van der Waals surface area contributed by atoms with Gasteiger partial charge in [-0.05, 0) is 30.3 Å². The molecule has 1 aromatic carbocycles. The lowest BCUT2D eigenvalue weighted by molar-refractivity contribution is -0.203. The van der Waals surface area contributed by atoms with Gasteiger partial charge in [-0.3, -0.25) is 9.99 Å². The monoisotopic (exact) mass is 519 g/mol. The molecule has 2 rings (SSSR count). The summed E-state index contributed by atoms with van der Waals surface area (Å²) in [5.41, 5.74) is -4.23. The van der Waals surface area contributed by atoms with Crippen LogP contribution in [-0.4, -0.2) is 28.0 Å². The summed E-state index contributed by atoms with van der Waals surface area (Å²) in [7, 11) is 0. The Morgan fingerprint density at radius 2 is 1.81 bits per heavy atom. The van der Waals surface area contributed by atoms with Crippen molar-refractivity contribution in [1.82, 2.24) is 9.99 Å². The Kier molecular flexibility index (Phi) is 14.2. The molecule has 37 heavy (non-hydrogen) atoms. The van der Waals surface area contributed by atoms with E-state index in [1.807, 2.05) is 27.7 Å². The summed E-state index contributed by atoms with van der Waals surface area (Å²) in [5, 5.41) is 14.7. The number of alkyl halides is 2. The predicted octanol–water partition coefficient (Wildman–Crippen LogP) is 5.12. The number of hydrazine groups is 1. The number of nitrogens with two attached hydrogens (primary N) is 2. The highest BCUT2D eigenvalue weighted by atomic mass is 19.3. The van der Waals surface area contributed by atoms with Gasteiger partial charge in [0.1, 0.15) is 23.7 Å². The van der Waals surface area contributed by atoms with Crippen molar-refractivity contribution in [2.24, 2.45) is 16.8 Å². The van der Waals surface area contributed by atoms with Gasteiger partial charge in [0.15, 0.2) is 5.60 Å². The molecule has 0 aliphatic carbocycles. The minimum absolute atomic E-state index is 0.290. The van der Waals surface area contributed by atoms with Crippen molar-refractivity contribution in [1.29, 1.82) is 0 Å². The highest BCUT2D eigenvalue weighted by molar-refractivity contribution is 5.54. The highest BCUT2D eigenvalue weighted by Gasteiger charge is 2.58. The van der Waals surface area contributed by atoms with E-state index in [1.54, 1.807) is 6.08 Å². The van der Waals surface area contributed by atoms with E-state index in [2.05, 4.69) is 35.1 Å². The van der Waals surface area contributed by atoms with Crippen molar-refractivity contribution in [3.05, 3.63) is 102 Å². The molecule has 0 aliphatic rings. The number of pyridine rings is 1. The third-order valence-corrected chi connectivity index (χ3v) is 4.48. The first-order chi connectivity index (χ1) is 17.6. The lowest BCUT2D eigenvalue weighted by atomic mass is 9.84. The second-order valence-electron chi connectivity index (χ2n) is 6.74. The van der Waals surface area contributed by atoms with Gasteiger partial charge in [0.25, 0.3) is 0 Å². The van der Waals surface area contributed by atoms with E-state index >= 15 is 8.78 Å². The minimum atomic E-state index is -4.19. The average Bonchev–Trinajstić information content (AvgIpc) is 2.89. The fourth-order valence-corrected chi connectivity index (χ4v) is 2.87. The first kappa shape index (κ1) is 33.1. The van der Waals surface area contributed by atoms with Crippen molar-refractivity contribution < 1.29 is 22.7 Å². The number of nitrogens with zero attached hydrogens (tertiary/aromatic N) is 3. The number of hydrazone groups is 1. The quantitative estimate of drug-likeness (QED) is 0.0855. The fraction of sp³-hybridized carbons (Fsp3) is 0.259. The smallest absolute Gasteiger partial charge is 0.323 e. The van der Waals surface area contributed by atoms with E-state index in [9.17, 15) is 13.9 Å². The van der Waals surface area contributed by atoms with Crippen molar-refractivity contribution in [3.8, 4) is 11.8 Å². The largest absolute Gasteiger partial charge is 0.377 e. The topological polar surface area (TPSA) is 101 Å². The molecule has 0 fully saturated rings. The van der Waals surface area contributed by atoms with Gasteiger partial charge in [-0.2, -0.15) is 13.9 Å². The molecular weight excluding hydrogens is 486 g/mol. The normalized spacial score (nSPS) is 12.5. The van der Waals surface area contributed by atoms with Gasteiger partial charge < -0.3 is 10.9 Å². The second-order valence-corrected chi connectivity index (χ2v) is 6.74. The van der Waals surface area contributed by atoms with Gasteiger partial charge in [-0.25, -0.2) is 14.6 Å². The number of hydrogen-bond acceptors (Lipinski definition) is 5. The van der Waals surface area contributed by atoms with Gasteiger partial charge in [0.05, 0.1) is 6.54 Å². The third kappa shape index (κ3) is 8.59. The molecule has 0 radical (unpaired) electrons.